The molecule has 0 aliphatic carbocycles. The fourth-order valence-corrected chi connectivity index (χ4v) is 0. The summed E-state index contributed by atoms with van der Waals surface area (Å²) in [6.45, 7) is 5.88. The van der Waals surface area contributed by atoms with E-state index < -0.39 is 0 Å². The van der Waals surface area contributed by atoms with Gasteiger partial charge in [0.2, 0.25) is 0 Å². The standard InChI is InChI=1S/C3H7N.C2H6.CH5N/c1-2-3-4;2*1-2/h2-3H,4H2,1H3;1-2H3;2H2,1H3/b3-2-;;. The van der Waals surface area contributed by atoms with E-state index in [1.807, 2.05) is 20.8 Å². The highest BCUT2D eigenvalue weighted by molar-refractivity contribution is 4.66. The van der Waals surface area contributed by atoms with Crippen LogP contribution >= 0.6 is 0 Å². The Balaban J connectivity index is -0.0000000542. The van der Waals surface area contributed by atoms with Gasteiger partial charge in [-0.2, -0.15) is 0 Å². The van der Waals surface area contributed by atoms with Gasteiger partial charge in [-0.25, -0.2) is 0 Å². The molecule has 0 spiro atoms. The van der Waals surface area contributed by atoms with Crippen LogP contribution in [0.5, 0.6) is 0 Å². The molecule has 4 N–H and O–H groups in total. The lowest BCUT2D eigenvalue weighted by Gasteiger charge is -1.53. The average molecular weight is 118 g/mol. The van der Waals surface area contributed by atoms with Gasteiger partial charge in [-0.1, -0.05) is 19.9 Å². The number of nitrogens with two attached hydrogens (primary N) is 2. The zero-order valence-electron chi connectivity index (χ0n) is 6.31. The third-order valence-electron chi connectivity index (χ3n) is 0.192. The van der Waals surface area contributed by atoms with Crippen molar-refractivity contribution < 1.29 is 0 Å². The van der Waals surface area contributed by atoms with Crippen LogP contribution < -0.4 is 11.5 Å². The molecule has 0 amide bonds. The molecule has 52 valence electrons. The fraction of sp³-hybridized carbons (Fsp3) is 0.667. The van der Waals surface area contributed by atoms with E-state index in [1.54, 1.807) is 6.08 Å². The van der Waals surface area contributed by atoms with E-state index >= 15 is 0 Å². The molecule has 0 atom stereocenters. The average Bonchev–Trinajstić information content (AvgIpc) is 1.96. The van der Waals surface area contributed by atoms with Gasteiger partial charge in [0.25, 0.3) is 0 Å². The Morgan fingerprint density at radius 1 is 1.12 bits per heavy atom. The summed E-state index contributed by atoms with van der Waals surface area (Å²) in [5, 5.41) is 0. The van der Waals surface area contributed by atoms with Crippen LogP contribution in [0.4, 0.5) is 0 Å². The van der Waals surface area contributed by atoms with Crippen molar-refractivity contribution in [3.63, 3.8) is 0 Å². The molecule has 0 saturated carbocycles. The predicted molar refractivity (Wildman–Crippen MR) is 40.5 cm³/mol. The highest BCUT2D eigenvalue weighted by Gasteiger charge is 1.32. The van der Waals surface area contributed by atoms with Crippen LogP contribution in [0.2, 0.25) is 0 Å². The normalized spacial score (nSPS) is 6.12. The van der Waals surface area contributed by atoms with Crippen molar-refractivity contribution in [3.8, 4) is 0 Å². The van der Waals surface area contributed by atoms with Crippen LogP contribution in [-0.2, 0) is 0 Å². The second-order valence-corrected chi connectivity index (χ2v) is 0.526. The Labute approximate surface area is 52.6 Å². The van der Waals surface area contributed by atoms with Crippen molar-refractivity contribution in [3.05, 3.63) is 12.3 Å². The van der Waals surface area contributed by atoms with Gasteiger partial charge in [-0.05, 0) is 20.2 Å². The molecule has 0 aromatic rings. The maximum Gasteiger partial charge on any atom is -0.0106 e. The molecule has 0 unspecified atom stereocenters. The van der Waals surface area contributed by atoms with Crippen molar-refractivity contribution in [2.75, 3.05) is 7.05 Å². The van der Waals surface area contributed by atoms with Gasteiger partial charge in [0.1, 0.15) is 0 Å². The minimum absolute atomic E-state index is 1.50. The van der Waals surface area contributed by atoms with Crippen molar-refractivity contribution >= 4 is 0 Å². The van der Waals surface area contributed by atoms with Crippen molar-refractivity contribution in [1.82, 2.24) is 0 Å². The number of rotatable bonds is 0. The lowest BCUT2D eigenvalue weighted by Crippen LogP contribution is -1.70. The van der Waals surface area contributed by atoms with Gasteiger partial charge in [0, 0.05) is 0 Å². The molecule has 0 aromatic carbocycles. The quantitative estimate of drug-likeness (QED) is 0.500. The smallest absolute Gasteiger partial charge is 0.0106 e. The summed E-state index contributed by atoms with van der Waals surface area (Å²) >= 11 is 0. The van der Waals surface area contributed by atoms with E-state index in [1.165, 1.54) is 13.2 Å². The summed E-state index contributed by atoms with van der Waals surface area (Å²) in [6, 6.07) is 0. The van der Waals surface area contributed by atoms with Crippen molar-refractivity contribution in [2.24, 2.45) is 11.5 Å². The molecule has 0 saturated heterocycles. The van der Waals surface area contributed by atoms with Gasteiger partial charge >= 0.3 is 0 Å². The summed E-state index contributed by atoms with van der Waals surface area (Å²) in [5.74, 6) is 0. The number of hydrogen-bond donors (Lipinski definition) is 2. The largest absolute Gasteiger partial charge is 0.405 e. The Kier molecular flexibility index (Phi) is 171. The molecule has 2 heteroatoms. The highest BCUT2D eigenvalue weighted by Crippen LogP contribution is 1.47. The van der Waals surface area contributed by atoms with Gasteiger partial charge < -0.3 is 11.5 Å². The molecule has 0 aromatic heterocycles. The van der Waals surface area contributed by atoms with Crippen LogP contribution in [0, 0.1) is 0 Å². The monoisotopic (exact) mass is 118 g/mol. The Hall–Kier alpha value is -0.500. The molecule has 0 heterocycles. The molecule has 0 fully saturated rings. The van der Waals surface area contributed by atoms with E-state index in [0.29, 0.717) is 0 Å². The first-order chi connectivity index (χ1) is 3.91. The minimum Gasteiger partial charge on any atom is -0.405 e. The van der Waals surface area contributed by atoms with E-state index in [0.717, 1.165) is 0 Å². The van der Waals surface area contributed by atoms with Crippen molar-refractivity contribution in [1.29, 1.82) is 0 Å². The first-order valence-electron chi connectivity index (χ1n) is 2.82. The van der Waals surface area contributed by atoms with Gasteiger partial charge in [0.15, 0.2) is 0 Å². The van der Waals surface area contributed by atoms with Crippen LogP contribution in [0.1, 0.15) is 20.8 Å². The lowest BCUT2D eigenvalue weighted by atomic mass is 10.7. The second-order valence-electron chi connectivity index (χ2n) is 0.526. The SMILES string of the molecule is C/C=C\N.CC.CN. The summed E-state index contributed by atoms with van der Waals surface area (Å²) in [6.07, 6.45) is 3.28. The highest BCUT2D eigenvalue weighted by atomic mass is 14.5. The second kappa shape index (κ2) is 87.4. The molecule has 0 rings (SSSR count). The molecular formula is C6H18N2. The molecule has 0 radical (unpaired) electrons. The third kappa shape index (κ3) is 446. The van der Waals surface area contributed by atoms with Crippen LogP contribution in [0.3, 0.4) is 0 Å². The third-order valence-corrected chi connectivity index (χ3v) is 0.192. The topological polar surface area (TPSA) is 52.0 Å². The van der Waals surface area contributed by atoms with Crippen LogP contribution in [0.25, 0.3) is 0 Å². The van der Waals surface area contributed by atoms with E-state index in [4.69, 9.17) is 5.73 Å². The first-order valence-corrected chi connectivity index (χ1v) is 2.82. The van der Waals surface area contributed by atoms with Gasteiger partial charge in [0.05, 0.1) is 0 Å². The van der Waals surface area contributed by atoms with E-state index in [-0.39, 0.29) is 0 Å². The summed E-state index contributed by atoms with van der Waals surface area (Å²) in [5.41, 5.74) is 9.35. The van der Waals surface area contributed by atoms with Gasteiger partial charge in [-0.15, -0.1) is 0 Å². The van der Waals surface area contributed by atoms with Gasteiger partial charge in [-0.3, -0.25) is 0 Å². The maximum absolute atomic E-state index is 4.85. The zero-order valence-corrected chi connectivity index (χ0v) is 6.31. The Morgan fingerprint density at radius 2 is 1.25 bits per heavy atom. The molecule has 0 aliphatic heterocycles. The maximum atomic E-state index is 4.85. The fourth-order valence-electron chi connectivity index (χ4n) is 0. The van der Waals surface area contributed by atoms with E-state index in [2.05, 4.69) is 5.73 Å². The summed E-state index contributed by atoms with van der Waals surface area (Å²) < 4.78 is 0. The van der Waals surface area contributed by atoms with Crippen molar-refractivity contribution in [2.45, 2.75) is 20.8 Å². The lowest BCUT2D eigenvalue weighted by molar-refractivity contribution is 1.48. The zero-order chi connectivity index (χ0) is 7.41. The Bertz CT molecular complexity index is 21.7. The summed E-state index contributed by atoms with van der Waals surface area (Å²) in [4.78, 5) is 0. The van der Waals surface area contributed by atoms with Crippen LogP contribution in [-0.4, -0.2) is 7.05 Å². The first kappa shape index (κ1) is 15.6. The van der Waals surface area contributed by atoms with Crippen LogP contribution in [0.15, 0.2) is 12.3 Å². The number of hydrogen-bond acceptors (Lipinski definition) is 2. The minimum atomic E-state index is 1.50. The molecule has 8 heavy (non-hydrogen) atoms. The molecule has 0 aliphatic rings. The molecular weight excluding hydrogens is 100 g/mol. The molecule has 0 bridgehead atoms. The Morgan fingerprint density at radius 3 is 1.25 bits per heavy atom. The molecule has 2 nitrogen and oxygen atoms in total. The predicted octanol–water partition coefficient (Wildman–Crippen LogP) is 1.08. The summed E-state index contributed by atoms with van der Waals surface area (Å²) in [7, 11) is 1.50. The van der Waals surface area contributed by atoms with E-state index in [9.17, 15) is 0 Å². The number of allylic oxidation sites excluding steroid dienone is 1.